The van der Waals surface area contributed by atoms with Crippen LogP contribution in [-0.4, -0.2) is 31.4 Å². The van der Waals surface area contributed by atoms with Crippen LogP contribution in [0.15, 0.2) is 28.8 Å². The van der Waals surface area contributed by atoms with Gasteiger partial charge in [0.25, 0.3) is 0 Å². The minimum Gasteiger partial charge on any atom is -0.497 e. The first-order valence-corrected chi connectivity index (χ1v) is 8.63. The van der Waals surface area contributed by atoms with Gasteiger partial charge in [-0.2, -0.15) is 4.98 Å². The molecule has 0 aliphatic heterocycles. The fraction of sp³-hybridized carbons (Fsp3) is 0.429. The fourth-order valence-corrected chi connectivity index (χ4v) is 2.94. The van der Waals surface area contributed by atoms with E-state index in [1.165, 1.54) is 0 Å². The van der Waals surface area contributed by atoms with Crippen LogP contribution >= 0.6 is 0 Å². The number of ether oxygens (including phenoxy) is 1. The van der Waals surface area contributed by atoms with E-state index < -0.39 is 10.0 Å². The monoisotopic (exact) mass is 325 g/mol. The summed E-state index contributed by atoms with van der Waals surface area (Å²) in [4.78, 5) is 4.18. The summed E-state index contributed by atoms with van der Waals surface area (Å²) in [5.41, 5.74) is 0.739. The minimum absolute atomic E-state index is 0.0109. The molecule has 1 N–H and O–H groups in total. The van der Waals surface area contributed by atoms with E-state index in [4.69, 9.17) is 9.26 Å². The maximum atomic E-state index is 11.7. The molecule has 0 saturated carbocycles. The number of benzene rings is 1. The summed E-state index contributed by atoms with van der Waals surface area (Å²) < 4.78 is 36.1. The van der Waals surface area contributed by atoms with E-state index >= 15 is 0 Å². The van der Waals surface area contributed by atoms with Crippen molar-refractivity contribution < 1.29 is 17.7 Å². The van der Waals surface area contributed by atoms with E-state index in [-0.39, 0.29) is 18.2 Å². The summed E-state index contributed by atoms with van der Waals surface area (Å²) in [5.74, 6) is 1.39. The highest BCUT2D eigenvalue weighted by atomic mass is 32.2. The van der Waals surface area contributed by atoms with Crippen LogP contribution < -0.4 is 9.46 Å². The van der Waals surface area contributed by atoms with Crippen LogP contribution in [0.3, 0.4) is 0 Å². The molecule has 0 saturated heterocycles. The molecular weight excluding hydrogens is 306 g/mol. The van der Waals surface area contributed by atoms with Crippen molar-refractivity contribution in [2.45, 2.75) is 26.3 Å². The number of hydrogen-bond acceptors (Lipinski definition) is 6. The molecule has 1 aromatic heterocycles. The summed E-state index contributed by atoms with van der Waals surface area (Å²) in [7, 11) is -1.73. The third kappa shape index (κ3) is 4.54. The van der Waals surface area contributed by atoms with Crippen molar-refractivity contribution in [2.24, 2.45) is 0 Å². The topological polar surface area (TPSA) is 94.3 Å². The van der Waals surface area contributed by atoms with E-state index in [9.17, 15) is 8.42 Å². The van der Waals surface area contributed by atoms with Gasteiger partial charge in [0.2, 0.25) is 21.7 Å². The Hall–Kier alpha value is -1.93. The lowest BCUT2D eigenvalue weighted by atomic mass is 10.2. The molecule has 0 spiro atoms. The number of nitrogens with one attached hydrogen (secondary N) is 1. The van der Waals surface area contributed by atoms with Gasteiger partial charge in [0.15, 0.2) is 0 Å². The summed E-state index contributed by atoms with van der Waals surface area (Å²) >= 11 is 0. The van der Waals surface area contributed by atoms with Gasteiger partial charge in [-0.3, -0.25) is 0 Å². The summed E-state index contributed by atoms with van der Waals surface area (Å²) in [6, 6.07) is 7.23. The molecule has 2 aromatic rings. The molecule has 0 fully saturated rings. The second-order valence-corrected chi connectivity index (χ2v) is 6.66. The molecule has 1 heterocycles. The first-order chi connectivity index (χ1) is 10.5. The molecule has 1 aromatic carbocycles. The Morgan fingerprint density at radius 1 is 1.36 bits per heavy atom. The molecule has 120 valence electrons. The summed E-state index contributed by atoms with van der Waals surface area (Å²) in [6.07, 6.45) is 1.44. The molecule has 8 heteroatoms. The van der Waals surface area contributed by atoms with Gasteiger partial charge in [-0.25, -0.2) is 13.1 Å². The summed E-state index contributed by atoms with van der Waals surface area (Å²) in [5, 5.41) is 3.85. The van der Waals surface area contributed by atoms with Crippen molar-refractivity contribution in [1.82, 2.24) is 14.9 Å². The highest BCUT2D eigenvalue weighted by Gasteiger charge is 2.13. The average Bonchev–Trinajstić information content (AvgIpc) is 3.00. The standard InChI is InChI=1S/C14H19N3O4S/c1-3-4-8-22(18,19)15-10-13-16-14(17-21-13)11-6-5-7-12(9-11)20-2/h5-7,9,15H,3-4,8,10H2,1-2H3. The molecule has 0 atom stereocenters. The maximum Gasteiger partial charge on any atom is 0.242 e. The lowest BCUT2D eigenvalue weighted by molar-refractivity contribution is 0.376. The zero-order valence-corrected chi connectivity index (χ0v) is 13.4. The van der Waals surface area contributed by atoms with E-state index in [0.717, 1.165) is 12.0 Å². The summed E-state index contributed by atoms with van der Waals surface area (Å²) in [6.45, 7) is 1.93. The number of sulfonamides is 1. The van der Waals surface area contributed by atoms with Gasteiger partial charge in [-0.15, -0.1) is 0 Å². The zero-order valence-electron chi connectivity index (χ0n) is 12.6. The van der Waals surface area contributed by atoms with Gasteiger partial charge >= 0.3 is 0 Å². The van der Waals surface area contributed by atoms with Crippen LogP contribution in [-0.2, 0) is 16.6 Å². The lowest BCUT2D eigenvalue weighted by Crippen LogP contribution is -2.26. The molecule has 0 radical (unpaired) electrons. The fourth-order valence-electron chi connectivity index (χ4n) is 1.78. The quantitative estimate of drug-likeness (QED) is 0.797. The normalized spacial score (nSPS) is 11.5. The molecule has 2 rings (SSSR count). The third-order valence-electron chi connectivity index (χ3n) is 3.01. The van der Waals surface area contributed by atoms with Crippen molar-refractivity contribution in [1.29, 1.82) is 0 Å². The highest BCUT2D eigenvalue weighted by Crippen LogP contribution is 2.21. The van der Waals surface area contributed by atoms with Gasteiger partial charge < -0.3 is 9.26 Å². The molecule has 7 nitrogen and oxygen atoms in total. The van der Waals surface area contributed by atoms with Crippen LogP contribution in [0.5, 0.6) is 5.75 Å². The Balaban J connectivity index is 2.02. The van der Waals surface area contributed by atoms with Crippen molar-refractivity contribution in [2.75, 3.05) is 12.9 Å². The maximum absolute atomic E-state index is 11.7. The Morgan fingerprint density at radius 2 is 2.18 bits per heavy atom. The molecule has 0 aliphatic carbocycles. The van der Waals surface area contributed by atoms with Gasteiger partial charge in [0, 0.05) is 5.56 Å². The van der Waals surface area contributed by atoms with Crippen LogP contribution in [0, 0.1) is 0 Å². The number of methoxy groups -OCH3 is 1. The first-order valence-electron chi connectivity index (χ1n) is 6.98. The number of rotatable bonds is 8. The van der Waals surface area contributed by atoms with Crippen molar-refractivity contribution >= 4 is 10.0 Å². The minimum atomic E-state index is -3.31. The molecule has 0 aliphatic rings. The first kappa shape index (κ1) is 16.4. The molecule has 0 unspecified atom stereocenters. The van der Waals surface area contributed by atoms with Crippen LogP contribution in [0.1, 0.15) is 25.7 Å². The van der Waals surface area contributed by atoms with Crippen LogP contribution in [0.2, 0.25) is 0 Å². The smallest absolute Gasteiger partial charge is 0.242 e. The number of hydrogen-bond donors (Lipinski definition) is 1. The number of nitrogens with zero attached hydrogens (tertiary/aromatic N) is 2. The Kier molecular flexibility index (Phi) is 5.51. The van der Waals surface area contributed by atoms with Gasteiger partial charge in [0.05, 0.1) is 19.4 Å². The Morgan fingerprint density at radius 3 is 2.91 bits per heavy atom. The van der Waals surface area contributed by atoms with E-state index in [0.29, 0.717) is 18.0 Å². The predicted octanol–water partition coefficient (Wildman–Crippen LogP) is 1.96. The Bertz CT molecular complexity index is 712. The predicted molar refractivity (Wildman–Crippen MR) is 81.8 cm³/mol. The van der Waals surface area contributed by atoms with Crippen molar-refractivity contribution in [3.05, 3.63) is 30.2 Å². The van der Waals surface area contributed by atoms with E-state index in [1.54, 1.807) is 13.2 Å². The van der Waals surface area contributed by atoms with Crippen molar-refractivity contribution in [3.63, 3.8) is 0 Å². The largest absolute Gasteiger partial charge is 0.497 e. The molecule has 0 bridgehead atoms. The molecule has 0 amide bonds. The van der Waals surface area contributed by atoms with Gasteiger partial charge in [-0.05, 0) is 18.6 Å². The highest BCUT2D eigenvalue weighted by molar-refractivity contribution is 7.89. The molecule has 22 heavy (non-hydrogen) atoms. The zero-order chi connectivity index (χ0) is 16.0. The third-order valence-corrected chi connectivity index (χ3v) is 4.42. The number of aromatic nitrogens is 2. The molecular formula is C14H19N3O4S. The van der Waals surface area contributed by atoms with Crippen molar-refractivity contribution in [3.8, 4) is 17.1 Å². The van der Waals surface area contributed by atoms with Crippen LogP contribution in [0.4, 0.5) is 0 Å². The van der Waals surface area contributed by atoms with Crippen LogP contribution in [0.25, 0.3) is 11.4 Å². The average molecular weight is 325 g/mol. The second kappa shape index (κ2) is 7.37. The van der Waals surface area contributed by atoms with E-state index in [2.05, 4.69) is 14.9 Å². The lowest BCUT2D eigenvalue weighted by Gasteiger charge is -2.02. The Labute approximate surface area is 129 Å². The number of unbranched alkanes of at least 4 members (excludes halogenated alkanes) is 1. The second-order valence-electron chi connectivity index (χ2n) is 4.74. The van der Waals surface area contributed by atoms with E-state index in [1.807, 2.05) is 25.1 Å². The SMILES string of the molecule is CCCCS(=O)(=O)NCc1nc(-c2cccc(OC)c2)no1. The van der Waals surface area contributed by atoms with Gasteiger partial charge in [-0.1, -0.05) is 30.6 Å². The van der Waals surface area contributed by atoms with Gasteiger partial charge in [0.1, 0.15) is 5.75 Å².